The Kier molecular flexibility index (Phi) is 12.2. The first-order chi connectivity index (χ1) is 22.2. The number of hydrogen-bond donors (Lipinski definition) is 2. The third kappa shape index (κ3) is 10.5. The Bertz CT molecular complexity index is 1640. The van der Waals surface area contributed by atoms with Gasteiger partial charge in [-0.15, -0.1) is 0 Å². The number of phosphoric acid groups is 1. The predicted molar refractivity (Wildman–Crippen MR) is 185 cm³/mol. The number of carbonyl (C=O) groups excluding carboxylic acids is 1. The third-order valence-corrected chi connectivity index (χ3v) is 10.1. The maximum atomic E-state index is 15.6. The van der Waals surface area contributed by atoms with E-state index in [1.807, 2.05) is 22.6 Å². The maximum Gasteiger partial charge on any atom is 0.475 e. The molecule has 1 heterocycles. The van der Waals surface area contributed by atoms with Gasteiger partial charge in [-0.1, -0.05) is 6.07 Å². The first-order valence-corrected chi connectivity index (χ1v) is 18.2. The van der Waals surface area contributed by atoms with E-state index in [1.54, 1.807) is 47.6 Å². The molecule has 0 aliphatic heterocycles. The van der Waals surface area contributed by atoms with Gasteiger partial charge in [0.15, 0.2) is 5.78 Å². The molecule has 1 aromatic heterocycles. The van der Waals surface area contributed by atoms with Gasteiger partial charge in [0.05, 0.1) is 41.4 Å². The highest BCUT2D eigenvalue weighted by Gasteiger charge is 2.38. The lowest BCUT2D eigenvalue weighted by Crippen LogP contribution is -2.30. The van der Waals surface area contributed by atoms with E-state index in [2.05, 4.69) is 9.97 Å². The van der Waals surface area contributed by atoms with E-state index in [0.717, 1.165) is 6.07 Å². The number of rotatable bonds is 11. The zero-order valence-electron chi connectivity index (χ0n) is 27.8. The van der Waals surface area contributed by atoms with E-state index in [4.69, 9.17) is 19.3 Å². The molecule has 1 saturated carbocycles. The van der Waals surface area contributed by atoms with E-state index in [1.165, 1.54) is 30.5 Å². The number of aromatic nitrogens is 2. The van der Waals surface area contributed by atoms with E-state index in [-0.39, 0.29) is 54.4 Å². The molecule has 1 aliphatic rings. The number of benzene rings is 2. The van der Waals surface area contributed by atoms with E-state index in [9.17, 15) is 23.2 Å². The molecule has 0 radical (unpaired) electrons. The minimum atomic E-state index is -4.19. The second kappa shape index (κ2) is 15.2. The first-order valence-electron chi connectivity index (χ1n) is 15.6. The highest BCUT2D eigenvalue weighted by atomic mass is 127. The number of nitrogens with zero attached hydrogens (tertiary/aromatic N) is 2. The van der Waals surface area contributed by atoms with Crippen LogP contribution in [-0.4, -0.2) is 50.9 Å². The number of carbonyl (C=O) groups is 1. The van der Waals surface area contributed by atoms with Crippen molar-refractivity contribution < 1.29 is 41.2 Å². The number of alkyl halides is 1. The Morgan fingerprint density at radius 2 is 1.75 bits per heavy atom. The molecule has 262 valence electrons. The van der Waals surface area contributed by atoms with Gasteiger partial charge in [-0.25, -0.2) is 27.7 Å². The smallest absolute Gasteiger partial charge is 0.390 e. The molecule has 0 amide bonds. The number of anilines is 1. The van der Waals surface area contributed by atoms with Crippen LogP contribution < -0.4 is 5.73 Å². The molecular formula is C34H42F3IN3O6P. The molecule has 3 N–H and O–H groups in total. The highest BCUT2D eigenvalue weighted by Crippen LogP contribution is 2.56. The van der Waals surface area contributed by atoms with Gasteiger partial charge in [0.2, 0.25) is 0 Å². The van der Waals surface area contributed by atoms with Gasteiger partial charge in [-0.2, -0.15) is 0 Å². The summed E-state index contributed by atoms with van der Waals surface area (Å²) in [5.74, 6) is -3.12. The number of aliphatic hydroxyl groups is 1. The van der Waals surface area contributed by atoms with Crippen molar-refractivity contribution in [3.8, 4) is 11.3 Å². The van der Waals surface area contributed by atoms with Gasteiger partial charge in [0.1, 0.15) is 29.3 Å². The van der Waals surface area contributed by atoms with Gasteiger partial charge in [-0.3, -0.25) is 18.4 Å². The minimum absolute atomic E-state index is 0.0298. The number of Topliss-reactive ketones (excluding diaryl/α,β-unsaturated/α-hetero) is 1. The maximum absolute atomic E-state index is 15.6. The lowest BCUT2D eigenvalue weighted by molar-refractivity contribution is 0.00137. The molecular weight excluding hydrogens is 761 g/mol. The zero-order chi connectivity index (χ0) is 35.6. The largest absolute Gasteiger partial charge is 0.475 e. The Hall–Kier alpha value is -2.42. The van der Waals surface area contributed by atoms with Crippen LogP contribution in [0, 0.1) is 15.2 Å². The van der Waals surface area contributed by atoms with Gasteiger partial charge in [0.25, 0.3) is 0 Å². The number of halogens is 4. The lowest BCUT2D eigenvalue weighted by Gasteiger charge is -2.31. The van der Waals surface area contributed by atoms with Gasteiger partial charge in [-0.05, 0) is 119 Å². The van der Waals surface area contributed by atoms with Crippen molar-refractivity contribution in [1.29, 1.82) is 0 Å². The number of nitrogens with two attached hydrogens (primary N) is 1. The summed E-state index contributed by atoms with van der Waals surface area (Å²) >= 11 is 1.94. The fourth-order valence-electron chi connectivity index (χ4n) is 5.42. The van der Waals surface area contributed by atoms with E-state index >= 15 is 4.39 Å². The molecule has 4 rings (SSSR count). The van der Waals surface area contributed by atoms with Crippen molar-refractivity contribution in [2.45, 2.75) is 103 Å². The highest BCUT2D eigenvalue weighted by molar-refractivity contribution is 14.1. The molecule has 48 heavy (non-hydrogen) atoms. The number of aliphatic hydroxyl groups excluding tert-OH is 1. The van der Waals surface area contributed by atoms with Gasteiger partial charge < -0.3 is 10.8 Å². The van der Waals surface area contributed by atoms with Crippen molar-refractivity contribution in [3.05, 3.63) is 74.6 Å². The Balaban J connectivity index is 1.60. The zero-order valence-corrected chi connectivity index (χ0v) is 30.9. The average Bonchev–Trinajstić information content (AvgIpc) is 2.94. The Morgan fingerprint density at radius 3 is 2.33 bits per heavy atom. The summed E-state index contributed by atoms with van der Waals surface area (Å²) in [5, 5.41) is 9.76. The monoisotopic (exact) mass is 803 g/mol. The fourth-order valence-corrected chi connectivity index (χ4v) is 7.92. The molecule has 14 heteroatoms. The van der Waals surface area contributed by atoms with E-state index < -0.39 is 54.6 Å². The van der Waals surface area contributed by atoms with E-state index in [0.29, 0.717) is 21.2 Å². The molecule has 2 aromatic carbocycles. The molecule has 0 saturated heterocycles. The van der Waals surface area contributed by atoms with Crippen LogP contribution in [0.3, 0.4) is 0 Å². The average molecular weight is 804 g/mol. The third-order valence-electron chi connectivity index (χ3n) is 7.51. The van der Waals surface area contributed by atoms with Crippen molar-refractivity contribution >= 4 is 42.0 Å². The summed E-state index contributed by atoms with van der Waals surface area (Å²) in [5.41, 5.74) is 5.33. The number of hydrogen-bond acceptors (Lipinski definition) is 9. The van der Waals surface area contributed by atoms with Crippen LogP contribution in [0.2, 0.25) is 0 Å². The molecule has 0 unspecified atom stereocenters. The second-order valence-electron chi connectivity index (χ2n) is 14.0. The van der Waals surface area contributed by atoms with Crippen molar-refractivity contribution in [1.82, 2.24) is 9.97 Å². The quantitative estimate of drug-likeness (QED) is 0.111. The molecule has 1 fully saturated rings. The fraction of sp³-hybridized carbons (Fsp3) is 0.500. The molecule has 4 atom stereocenters. The van der Waals surface area contributed by atoms with Crippen molar-refractivity contribution in [3.63, 3.8) is 0 Å². The standard InChI is InChI=1S/C34H42F3IN3O6P/c1-33(2,3)46-48(44,47-34(4,5)6)45-18-22(21-11-23(35)16-24(38)12-21)15-30(43)25-9-7-20(14-26(25)36)31-32(39)40-17-28(41-31)19-8-10-29(42)27(37)13-19/h7,9,11-12,14,16-17,19,22,27,29,42H,8,10,13,15,18H2,1-6H3,(H2,39,40)/t19-,22-,27-,29-/m1/s1. The molecule has 9 nitrogen and oxygen atoms in total. The van der Waals surface area contributed by atoms with Crippen molar-refractivity contribution in [2.24, 2.45) is 0 Å². The normalized spacial score (nSPS) is 19.7. The minimum Gasteiger partial charge on any atom is -0.390 e. The van der Waals surface area contributed by atoms with Crippen LogP contribution in [0.25, 0.3) is 11.3 Å². The summed E-state index contributed by atoms with van der Waals surface area (Å²) in [6.45, 7) is 9.77. The number of ketones is 1. The molecule has 3 aromatic rings. The summed E-state index contributed by atoms with van der Waals surface area (Å²) in [6, 6.07) is 8.14. The SMILES string of the molecule is CC(C)(C)OP(=O)(OC[C@@H](CC(=O)c1ccc(-c2nc([C@@H]3CC[C@@H](O)[C@H](F)C3)cnc2N)cc1F)c1cc(F)cc(I)c1)OC(C)(C)C. The Labute approximate surface area is 292 Å². The van der Waals surface area contributed by atoms with Crippen LogP contribution >= 0.6 is 30.4 Å². The van der Waals surface area contributed by atoms with Crippen molar-refractivity contribution in [2.75, 3.05) is 12.3 Å². The van der Waals surface area contributed by atoms with Crippen LogP contribution in [0.1, 0.15) is 101 Å². The number of phosphoric ester groups is 1. The van der Waals surface area contributed by atoms with Crippen LogP contribution in [0.15, 0.2) is 42.6 Å². The summed E-state index contributed by atoms with van der Waals surface area (Å²) in [6.07, 6.45) is -0.400. The predicted octanol–water partition coefficient (Wildman–Crippen LogP) is 8.69. The summed E-state index contributed by atoms with van der Waals surface area (Å²) in [4.78, 5) is 22.3. The lowest BCUT2D eigenvalue weighted by atomic mass is 9.84. The second-order valence-corrected chi connectivity index (χ2v) is 16.8. The summed E-state index contributed by atoms with van der Waals surface area (Å²) < 4.78 is 75.8. The summed E-state index contributed by atoms with van der Waals surface area (Å²) in [7, 11) is -4.19. The van der Waals surface area contributed by atoms with Gasteiger partial charge >= 0.3 is 7.82 Å². The molecule has 0 bridgehead atoms. The molecule has 1 aliphatic carbocycles. The Morgan fingerprint density at radius 1 is 1.08 bits per heavy atom. The van der Waals surface area contributed by atoms with Gasteiger partial charge in [0, 0.05) is 27.4 Å². The first kappa shape index (κ1) is 38.4. The number of nitrogen functional groups attached to an aromatic ring is 1. The van der Waals surface area contributed by atoms with Crippen LogP contribution in [0.4, 0.5) is 19.0 Å². The van der Waals surface area contributed by atoms with Crippen LogP contribution in [0.5, 0.6) is 0 Å². The topological polar surface area (TPSA) is 134 Å². The molecule has 0 spiro atoms. The van der Waals surface area contributed by atoms with Crippen LogP contribution in [-0.2, 0) is 18.1 Å².